The van der Waals surface area contributed by atoms with Crippen molar-refractivity contribution in [1.82, 2.24) is 14.5 Å². The lowest BCUT2D eigenvalue weighted by molar-refractivity contribution is -0.138. The Morgan fingerprint density at radius 2 is 1.45 bits per heavy atom. The molecule has 1 aromatic heterocycles. The normalized spacial score (nSPS) is 17.8. The summed E-state index contributed by atoms with van der Waals surface area (Å²) in [6.45, 7) is 0.680. The average molecular weight is 446 g/mol. The minimum absolute atomic E-state index is 0.248. The summed E-state index contributed by atoms with van der Waals surface area (Å²) < 4.78 is 8.11. The third-order valence-corrected chi connectivity index (χ3v) is 7.36. The Morgan fingerprint density at radius 1 is 0.848 bits per heavy atom. The summed E-state index contributed by atoms with van der Waals surface area (Å²) in [7, 11) is 0. The van der Waals surface area contributed by atoms with Crippen molar-refractivity contribution in [2.24, 2.45) is 0 Å². The fourth-order valence-electron chi connectivity index (χ4n) is 5.72. The van der Waals surface area contributed by atoms with Gasteiger partial charge in [-0.05, 0) is 49.9 Å². The zero-order valence-electron chi connectivity index (χ0n) is 19.5. The third-order valence-electron chi connectivity index (χ3n) is 7.36. The summed E-state index contributed by atoms with van der Waals surface area (Å²) in [6, 6.07) is 18.7. The van der Waals surface area contributed by atoms with Crippen LogP contribution in [0.15, 0.2) is 54.6 Å². The van der Waals surface area contributed by atoms with Crippen LogP contribution in [-0.2, 0) is 17.9 Å². The molecule has 0 spiro atoms. The molecular weight excluding hydrogens is 410 g/mol. The summed E-state index contributed by atoms with van der Waals surface area (Å²) in [5, 5.41) is 0. The average Bonchev–Trinajstić information content (AvgIpc) is 3.22. The van der Waals surface area contributed by atoms with E-state index in [1.54, 1.807) is 0 Å². The molecule has 2 aliphatic rings. The van der Waals surface area contributed by atoms with Crippen molar-refractivity contribution >= 4 is 16.9 Å². The van der Waals surface area contributed by atoms with Gasteiger partial charge in [0, 0.05) is 12.1 Å². The summed E-state index contributed by atoms with van der Waals surface area (Å²) >= 11 is 0. The van der Waals surface area contributed by atoms with Crippen LogP contribution in [0, 0.1) is 0 Å². The quantitative estimate of drug-likeness (QED) is 0.441. The maximum atomic E-state index is 13.9. The second kappa shape index (κ2) is 10.4. The van der Waals surface area contributed by atoms with Gasteiger partial charge in [0.25, 0.3) is 0 Å². The van der Waals surface area contributed by atoms with Crippen molar-refractivity contribution in [3.63, 3.8) is 0 Å². The first-order valence-corrected chi connectivity index (χ1v) is 12.7. The first-order chi connectivity index (χ1) is 16.3. The van der Waals surface area contributed by atoms with Gasteiger partial charge in [-0.15, -0.1) is 0 Å². The Balaban J connectivity index is 1.41. The number of carbonyl (C=O) groups excluding carboxylic acids is 1. The van der Waals surface area contributed by atoms with Gasteiger partial charge in [0.1, 0.15) is 24.7 Å². The molecule has 0 N–H and O–H groups in total. The fraction of sp³-hybridized carbons (Fsp3) is 0.500. The lowest BCUT2D eigenvalue weighted by atomic mass is 9.88. The van der Waals surface area contributed by atoms with Gasteiger partial charge in [0.15, 0.2) is 0 Å². The molecule has 174 valence electrons. The fourth-order valence-corrected chi connectivity index (χ4v) is 5.72. The van der Waals surface area contributed by atoms with Gasteiger partial charge in [-0.25, -0.2) is 4.98 Å². The number of benzene rings is 2. The van der Waals surface area contributed by atoms with E-state index in [1.165, 1.54) is 38.5 Å². The van der Waals surface area contributed by atoms with E-state index in [1.807, 2.05) is 48.5 Å². The molecule has 0 aliphatic heterocycles. The van der Waals surface area contributed by atoms with Crippen LogP contribution in [-0.4, -0.2) is 32.4 Å². The number of hydrogen-bond acceptors (Lipinski definition) is 3. The van der Waals surface area contributed by atoms with E-state index in [4.69, 9.17) is 9.72 Å². The number of ether oxygens (including phenoxy) is 1. The predicted octanol–water partition coefficient (Wildman–Crippen LogP) is 6.11. The molecule has 2 aliphatic carbocycles. The molecule has 5 rings (SSSR count). The molecule has 0 unspecified atom stereocenters. The second-order valence-electron chi connectivity index (χ2n) is 9.59. The first-order valence-electron chi connectivity index (χ1n) is 12.7. The molecule has 5 nitrogen and oxygen atoms in total. The summed E-state index contributed by atoms with van der Waals surface area (Å²) in [5.74, 6) is 1.87. The van der Waals surface area contributed by atoms with Crippen LogP contribution in [0.25, 0.3) is 11.0 Å². The smallest absolute Gasteiger partial charge is 0.243 e. The van der Waals surface area contributed by atoms with Gasteiger partial charge < -0.3 is 14.2 Å². The number of hydrogen-bond donors (Lipinski definition) is 0. The topological polar surface area (TPSA) is 47.4 Å². The predicted molar refractivity (Wildman–Crippen MR) is 131 cm³/mol. The maximum absolute atomic E-state index is 13.9. The van der Waals surface area contributed by atoms with E-state index >= 15 is 0 Å². The lowest BCUT2D eigenvalue weighted by Gasteiger charge is -2.42. The molecular formula is C28H35N3O2. The molecule has 1 heterocycles. The molecule has 5 heteroatoms. The van der Waals surface area contributed by atoms with Gasteiger partial charge in [-0.3, -0.25) is 4.79 Å². The number of carbonyl (C=O) groups is 1. The largest absolute Gasteiger partial charge is 0.486 e. The first kappa shape index (κ1) is 22.0. The third kappa shape index (κ3) is 5.07. The molecule has 0 saturated heterocycles. The van der Waals surface area contributed by atoms with Crippen molar-refractivity contribution in [3.8, 4) is 5.75 Å². The highest BCUT2D eigenvalue weighted by Gasteiger charge is 2.33. The highest BCUT2D eigenvalue weighted by atomic mass is 16.5. The van der Waals surface area contributed by atoms with Crippen LogP contribution in [0.1, 0.15) is 70.0 Å². The number of imidazole rings is 1. The molecule has 0 radical (unpaired) electrons. The zero-order valence-corrected chi connectivity index (χ0v) is 19.5. The monoisotopic (exact) mass is 445 g/mol. The number of para-hydroxylation sites is 3. The standard InChI is InChI=1S/C28H35N3O2/c32-28(31(22-12-4-1-5-13-22)23-14-6-2-7-15-23)20-30-26-19-11-10-18-25(26)29-27(30)21-33-24-16-8-3-9-17-24/h3,8-11,16-19,22-23H,1-2,4-7,12-15,20-21H2. The summed E-state index contributed by atoms with van der Waals surface area (Å²) in [4.78, 5) is 21.0. The number of nitrogens with zero attached hydrogens (tertiary/aromatic N) is 3. The molecule has 1 amide bonds. The molecule has 33 heavy (non-hydrogen) atoms. The van der Waals surface area contributed by atoms with Crippen molar-refractivity contribution in [2.45, 2.75) is 89.4 Å². The molecule has 2 saturated carbocycles. The highest BCUT2D eigenvalue weighted by molar-refractivity contribution is 5.81. The number of amides is 1. The Morgan fingerprint density at radius 3 is 2.12 bits per heavy atom. The van der Waals surface area contributed by atoms with Gasteiger partial charge in [-0.2, -0.15) is 0 Å². The van der Waals surface area contributed by atoms with Gasteiger partial charge in [-0.1, -0.05) is 68.9 Å². The Labute approximate surface area is 196 Å². The van der Waals surface area contributed by atoms with Crippen molar-refractivity contribution in [3.05, 3.63) is 60.4 Å². The Hall–Kier alpha value is -2.82. The SMILES string of the molecule is O=C(Cn1c(COc2ccccc2)nc2ccccc21)N(C1CCCCC1)C1CCCCC1. The van der Waals surface area contributed by atoms with Crippen molar-refractivity contribution in [1.29, 1.82) is 0 Å². The van der Waals surface area contributed by atoms with Crippen molar-refractivity contribution < 1.29 is 9.53 Å². The van der Waals surface area contributed by atoms with Crippen molar-refractivity contribution in [2.75, 3.05) is 0 Å². The molecule has 0 bridgehead atoms. The van der Waals surface area contributed by atoms with Crippen LogP contribution in [0.2, 0.25) is 0 Å². The van der Waals surface area contributed by atoms with E-state index in [9.17, 15) is 4.79 Å². The zero-order chi connectivity index (χ0) is 22.5. The van der Waals surface area contributed by atoms with Crippen LogP contribution < -0.4 is 4.74 Å². The van der Waals surface area contributed by atoms with Gasteiger partial charge >= 0.3 is 0 Å². The molecule has 2 fully saturated rings. The second-order valence-corrected chi connectivity index (χ2v) is 9.59. The van der Waals surface area contributed by atoms with E-state index in [-0.39, 0.29) is 5.91 Å². The molecule has 0 atom stereocenters. The minimum atomic E-state index is 0.248. The Kier molecular flexibility index (Phi) is 6.94. The maximum Gasteiger partial charge on any atom is 0.243 e. The molecule has 3 aromatic rings. The number of fused-ring (bicyclic) bond motifs is 1. The van der Waals surface area contributed by atoms with Crippen LogP contribution in [0.3, 0.4) is 0 Å². The Bertz CT molecular complexity index is 1030. The van der Waals surface area contributed by atoms with Crippen LogP contribution >= 0.6 is 0 Å². The van der Waals surface area contributed by atoms with E-state index in [0.29, 0.717) is 25.2 Å². The molecule has 2 aromatic carbocycles. The summed E-state index contributed by atoms with van der Waals surface area (Å²) in [6.07, 6.45) is 12.2. The van der Waals surface area contributed by atoms with Crippen LogP contribution in [0.4, 0.5) is 0 Å². The summed E-state index contributed by atoms with van der Waals surface area (Å²) in [5.41, 5.74) is 1.92. The minimum Gasteiger partial charge on any atom is -0.486 e. The highest BCUT2D eigenvalue weighted by Crippen LogP contribution is 2.31. The number of rotatable bonds is 7. The lowest BCUT2D eigenvalue weighted by Crippen LogP contribution is -2.50. The van der Waals surface area contributed by atoms with E-state index in [0.717, 1.165) is 48.3 Å². The van der Waals surface area contributed by atoms with E-state index in [2.05, 4.69) is 15.5 Å². The van der Waals surface area contributed by atoms with Crippen LogP contribution in [0.5, 0.6) is 5.75 Å². The van der Waals surface area contributed by atoms with Gasteiger partial charge in [0.2, 0.25) is 5.91 Å². The van der Waals surface area contributed by atoms with E-state index < -0.39 is 0 Å². The van der Waals surface area contributed by atoms with Gasteiger partial charge in [0.05, 0.1) is 11.0 Å². The number of aromatic nitrogens is 2.